The van der Waals surface area contributed by atoms with Gasteiger partial charge in [-0.05, 0) is 39.2 Å². The number of piperidine rings is 1. The van der Waals surface area contributed by atoms with Gasteiger partial charge < -0.3 is 4.74 Å². The second-order valence-electron chi connectivity index (χ2n) is 5.79. The number of aromatic nitrogens is 2. The summed E-state index contributed by atoms with van der Waals surface area (Å²) < 4.78 is 6.39. The van der Waals surface area contributed by atoms with Crippen molar-refractivity contribution in [3.63, 3.8) is 0 Å². The monoisotopic (exact) mass is 318 g/mol. The van der Waals surface area contributed by atoms with E-state index >= 15 is 0 Å². The van der Waals surface area contributed by atoms with E-state index < -0.39 is 0 Å². The van der Waals surface area contributed by atoms with E-state index in [9.17, 15) is 9.59 Å². The topological polar surface area (TPSA) is 88.2 Å². The molecule has 2 heterocycles. The molecule has 1 aliphatic heterocycles. The molecular formula is C16H22N4O3. The minimum Gasteiger partial charge on any atom is -0.466 e. The van der Waals surface area contributed by atoms with Gasteiger partial charge in [0.1, 0.15) is 11.6 Å². The predicted octanol–water partition coefficient (Wildman–Crippen LogP) is 0.964. The first-order valence-corrected chi connectivity index (χ1v) is 7.85. The lowest BCUT2D eigenvalue weighted by atomic mass is 9.97. The molecule has 0 saturated carbocycles. The fourth-order valence-electron chi connectivity index (χ4n) is 2.76. The first-order chi connectivity index (χ1) is 11.0. The zero-order chi connectivity index (χ0) is 17.0. The molecule has 0 atom stereocenters. The van der Waals surface area contributed by atoms with Gasteiger partial charge in [0.15, 0.2) is 0 Å². The summed E-state index contributed by atoms with van der Waals surface area (Å²) in [6.45, 7) is 7.47. The van der Waals surface area contributed by atoms with Crippen molar-refractivity contribution in [1.82, 2.24) is 14.7 Å². The van der Waals surface area contributed by atoms with Crippen LogP contribution in [-0.4, -0.2) is 40.3 Å². The van der Waals surface area contributed by atoms with Gasteiger partial charge in [-0.2, -0.15) is 10.4 Å². The molecule has 0 amide bonds. The number of ether oxygens (including phenoxy) is 1. The summed E-state index contributed by atoms with van der Waals surface area (Å²) in [5.74, 6) is -0.203. The molecule has 0 unspecified atom stereocenters. The van der Waals surface area contributed by atoms with E-state index in [1.54, 1.807) is 20.8 Å². The lowest BCUT2D eigenvalue weighted by molar-refractivity contribution is -0.149. The number of rotatable bonds is 4. The van der Waals surface area contributed by atoms with Gasteiger partial charge in [0.2, 0.25) is 0 Å². The van der Waals surface area contributed by atoms with Crippen LogP contribution in [0.3, 0.4) is 0 Å². The molecule has 0 N–H and O–H groups in total. The summed E-state index contributed by atoms with van der Waals surface area (Å²) in [4.78, 5) is 26.1. The molecule has 23 heavy (non-hydrogen) atoms. The number of esters is 1. The molecule has 1 aromatic heterocycles. The number of carbonyl (C=O) groups excluding carboxylic acids is 1. The Bertz CT molecular complexity index is 682. The third-order valence-electron chi connectivity index (χ3n) is 4.29. The number of carbonyl (C=O) groups is 1. The summed E-state index contributed by atoms with van der Waals surface area (Å²) in [6.07, 6.45) is 1.42. The molecule has 0 radical (unpaired) electrons. The number of hydrogen-bond donors (Lipinski definition) is 0. The van der Waals surface area contributed by atoms with Crippen molar-refractivity contribution in [2.75, 3.05) is 19.7 Å². The number of nitrogens with zero attached hydrogens (tertiary/aromatic N) is 4. The number of nitriles is 1. The van der Waals surface area contributed by atoms with E-state index in [1.165, 1.54) is 4.68 Å². The van der Waals surface area contributed by atoms with Crippen LogP contribution in [0.5, 0.6) is 0 Å². The minimum absolute atomic E-state index is 0.0645. The van der Waals surface area contributed by atoms with Crippen LogP contribution in [-0.2, 0) is 16.2 Å². The predicted molar refractivity (Wildman–Crippen MR) is 83.6 cm³/mol. The highest BCUT2D eigenvalue weighted by atomic mass is 16.5. The lowest BCUT2D eigenvalue weighted by Gasteiger charge is -2.30. The van der Waals surface area contributed by atoms with E-state index in [4.69, 9.17) is 10.00 Å². The van der Waals surface area contributed by atoms with Gasteiger partial charge in [-0.15, -0.1) is 0 Å². The van der Waals surface area contributed by atoms with Gasteiger partial charge in [-0.1, -0.05) is 0 Å². The van der Waals surface area contributed by atoms with Gasteiger partial charge in [0.05, 0.1) is 24.9 Å². The average molecular weight is 318 g/mol. The smallest absolute Gasteiger partial charge is 0.309 e. The summed E-state index contributed by atoms with van der Waals surface area (Å²) in [5.41, 5.74) is 1.11. The first-order valence-electron chi connectivity index (χ1n) is 7.85. The highest BCUT2D eigenvalue weighted by Gasteiger charge is 2.26. The van der Waals surface area contributed by atoms with Crippen LogP contribution in [0.25, 0.3) is 0 Å². The van der Waals surface area contributed by atoms with Crippen molar-refractivity contribution >= 4 is 5.97 Å². The Balaban J connectivity index is 2.05. The second-order valence-corrected chi connectivity index (χ2v) is 5.79. The van der Waals surface area contributed by atoms with Crippen molar-refractivity contribution in [2.45, 2.75) is 40.3 Å². The Morgan fingerprint density at radius 3 is 2.61 bits per heavy atom. The van der Waals surface area contributed by atoms with Crippen molar-refractivity contribution in [3.05, 3.63) is 27.2 Å². The lowest BCUT2D eigenvalue weighted by Crippen LogP contribution is -2.41. The minimum atomic E-state index is -0.358. The Morgan fingerprint density at radius 2 is 2.04 bits per heavy atom. The maximum Gasteiger partial charge on any atom is 0.309 e. The fourth-order valence-corrected chi connectivity index (χ4v) is 2.76. The summed E-state index contributed by atoms with van der Waals surface area (Å²) in [6, 6.07) is 1.96. The van der Waals surface area contributed by atoms with E-state index in [2.05, 4.69) is 10.00 Å². The van der Waals surface area contributed by atoms with Crippen LogP contribution < -0.4 is 5.56 Å². The molecule has 1 aromatic rings. The van der Waals surface area contributed by atoms with E-state index in [1.807, 2.05) is 6.07 Å². The van der Waals surface area contributed by atoms with E-state index in [0.29, 0.717) is 50.5 Å². The van der Waals surface area contributed by atoms with Crippen LogP contribution in [0.15, 0.2) is 4.79 Å². The van der Waals surface area contributed by atoms with Crippen molar-refractivity contribution in [2.24, 2.45) is 5.92 Å². The van der Waals surface area contributed by atoms with Crippen LogP contribution in [0.4, 0.5) is 0 Å². The Morgan fingerprint density at radius 1 is 1.39 bits per heavy atom. The standard InChI is InChI=1S/C16H22N4O3/c1-4-23-16(22)13-5-7-19(8-6-13)10-20-15(21)14(9-17)11(2)12(3)18-20/h13H,4-8,10H2,1-3H3. The highest BCUT2D eigenvalue weighted by molar-refractivity contribution is 5.72. The molecule has 1 fully saturated rings. The number of likely N-dealkylation sites (tertiary alicyclic amines) is 1. The van der Waals surface area contributed by atoms with Crippen LogP contribution >= 0.6 is 0 Å². The Labute approximate surface area is 135 Å². The Hall–Kier alpha value is -2.20. The normalized spacial score (nSPS) is 16.1. The summed E-state index contributed by atoms with van der Waals surface area (Å²) in [5, 5.41) is 13.4. The molecule has 124 valence electrons. The quantitative estimate of drug-likeness (QED) is 0.769. The third-order valence-corrected chi connectivity index (χ3v) is 4.29. The molecule has 0 aromatic carbocycles. The zero-order valence-corrected chi connectivity index (χ0v) is 13.8. The molecule has 0 bridgehead atoms. The van der Waals surface area contributed by atoms with Crippen molar-refractivity contribution in [3.8, 4) is 6.07 Å². The zero-order valence-electron chi connectivity index (χ0n) is 13.8. The summed E-state index contributed by atoms with van der Waals surface area (Å²) >= 11 is 0. The van der Waals surface area contributed by atoms with Gasteiger partial charge in [-0.3, -0.25) is 14.5 Å². The molecule has 0 spiro atoms. The van der Waals surface area contributed by atoms with Gasteiger partial charge in [0.25, 0.3) is 5.56 Å². The maximum atomic E-state index is 12.3. The second kappa shape index (κ2) is 7.38. The molecule has 7 nitrogen and oxygen atoms in total. The average Bonchev–Trinajstić information content (AvgIpc) is 2.54. The van der Waals surface area contributed by atoms with Crippen molar-refractivity contribution in [1.29, 1.82) is 5.26 Å². The summed E-state index contributed by atoms with van der Waals surface area (Å²) in [7, 11) is 0. The van der Waals surface area contributed by atoms with Gasteiger partial charge in [-0.25, -0.2) is 4.68 Å². The number of hydrogen-bond acceptors (Lipinski definition) is 6. The van der Waals surface area contributed by atoms with Crippen LogP contribution in [0, 0.1) is 31.1 Å². The van der Waals surface area contributed by atoms with Crippen LogP contribution in [0.1, 0.15) is 36.6 Å². The number of aryl methyl sites for hydroxylation is 1. The van der Waals surface area contributed by atoms with E-state index in [-0.39, 0.29) is 23.0 Å². The van der Waals surface area contributed by atoms with Gasteiger partial charge >= 0.3 is 5.97 Å². The molecule has 2 rings (SSSR count). The SMILES string of the molecule is CCOC(=O)C1CCN(Cn2nc(C)c(C)c(C#N)c2=O)CC1. The van der Waals surface area contributed by atoms with Gasteiger partial charge in [0, 0.05) is 13.1 Å². The molecular weight excluding hydrogens is 296 g/mol. The molecule has 1 saturated heterocycles. The Kier molecular flexibility index (Phi) is 5.50. The maximum absolute atomic E-state index is 12.3. The molecule has 7 heteroatoms. The van der Waals surface area contributed by atoms with Crippen molar-refractivity contribution < 1.29 is 9.53 Å². The first kappa shape index (κ1) is 17.2. The third kappa shape index (κ3) is 3.77. The highest BCUT2D eigenvalue weighted by Crippen LogP contribution is 2.19. The molecule has 0 aliphatic carbocycles. The largest absolute Gasteiger partial charge is 0.466 e. The fraction of sp³-hybridized carbons (Fsp3) is 0.625. The molecule has 1 aliphatic rings. The van der Waals surface area contributed by atoms with E-state index in [0.717, 1.165) is 0 Å². The van der Waals surface area contributed by atoms with Crippen LogP contribution in [0.2, 0.25) is 0 Å².